The molecule has 1 saturated heterocycles. The average molecular weight is 319 g/mol. The van der Waals surface area contributed by atoms with Gasteiger partial charge in [-0.15, -0.1) is 0 Å². The van der Waals surface area contributed by atoms with Crippen molar-refractivity contribution in [3.63, 3.8) is 0 Å². The van der Waals surface area contributed by atoms with Crippen LogP contribution in [0.5, 0.6) is 0 Å². The van der Waals surface area contributed by atoms with Gasteiger partial charge in [0.2, 0.25) is 5.91 Å². The molecule has 1 heterocycles. The number of carboxylic acids is 1. The van der Waals surface area contributed by atoms with Crippen LogP contribution in [0.1, 0.15) is 6.42 Å². The molecule has 0 bridgehead atoms. The summed E-state index contributed by atoms with van der Waals surface area (Å²) < 4.78 is 0. The highest BCUT2D eigenvalue weighted by Gasteiger charge is 2.50. The second-order valence-corrected chi connectivity index (χ2v) is 5.88. The number of piperazine rings is 1. The van der Waals surface area contributed by atoms with Gasteiger partial charge in [0.15, 0.2) is 0 Å². The summed E-state index contributed by atoms with van der Waals surface area (Å²) >= 11 is 0. The van der Waals surface area contributed by atoms with Crippen molar-refractivity contribution in [2.75, 3.05) is 31.1 Å². The molecule has 8 heteroatoms. The Morgan fingerprint density at radius 3 is 2.43 bits per heavy atom. The third kappa shape index (κ3) is 3.10. The van der Waals surface area contributed by atoms with Gasteiger partial charge in [-0.05, 0) is 12.5 Å². The van der Waals surface area contributed by atoms with E-state index in [0.29, 0.717) is 32.6 Å². The molecule has 1 amide bonds. The van der Waals surface area contributed by atoms with Crippen LogP contribution in [-0.4, -0.2) is 53.0 Å². The van der Waals surface area contributed by atoms with Crippen molar-refractivity contribution < 1.29 is 19.6 Å². The van der Waals surface area contributed by atoms with Gasteiger partial charge in [-0.3, -0.25) is 19.7 Å². The number of non-ortho nitro benzene ring substituents is 1. The van der Waals surface area contributed by atoms with Gasteiger partial charge >= 0.3 is 5.97 Å². The third-order valence-corrected chi connectivity index (χ3v) is 4.42. The largest absolute Gasteiger partial charge is 0.481 e. The number of carbonyl (C=O) groups is 2. The minimum atomic E-state index is -0.904. The van der Waals surface area contributed by atoms with Gasteiger partial charge in [0.1, 0.15) is 0 Å². The van der Waals surface area contributed by atoms with Crippen LogP contribution < -0.4 is 4.90 Å². The normalized spacial score (nSPS) is 23.5. The van der Waals surface area contributed by atoms with Crippen molar-refractivity contribution >= 4 is 23.3 Å². The molecule has 2 unspecified atom stereocenters. The average Bonchev–Trinajstić information content (AvgIpc) is 3.35. The second kappa shape index (κ2) is 5.86. The van der Waals surface area contributed by atoms with Crippen LogP contribution in [0.3, 0.4) is 0 Å². The number of rotatable bonds is 4. The number of nitro groups is 1. The van der Waals surface area contributed by atoms with Gasteiger partial charge < -0.3 is 14.9 Å². The molecule has 2 fully saturated rings. The minimum Gasteiger partial charge on any atom is -0.481 e. The maximum absolute atomic E-state index is 12.2. The Labute approximate surface area is 132 Å². The van der Waals surface area contributed by atoms with Crippen molar-refractivity contribution in [3.05, 3.63) is 34.4 Å². The van der Waals surface area contributed by atoms with Crippen LogP contribution >= 0.6 is 0 Å². The van der Waals surface area contributed by atoms with Gasteiger partial charge in [-0.2, -0.15) is 0 Å². The van der Waals surface area contributed by atoms with E-state index >= 15 is 0 Å². The molecule has 1 N–H and O–H groups in total. The third-order valence-electron chi connectivity index (χ3n) is 4.42. The van der Waals surface area contributed by atoms with Gasteiger partial charge in [0, 0.05) is 44.0 Å². The topological polar surface area (TPSA) is 104 Å². The number of hydrogen-bond acceptors (Lipinski definition) is 5. The second-order valence-electron chi connectivity index (χ2n) is 5.88. The molecule has 8 nitrogen and oxygen atoms in total. The summed E-state index contributed by atoms with van der Waals surface area (Å²) in [7, 11) is 0. The first kappa shape index (κ1) is 15.3. The predicted molar refractivity (Wildman–Crippen MR) is 81.1 cm³/mol. The smallest absolute Gasteiger partial charge is 0.307 e. The Kier molecular flexibility index (Phi) is 3.89. The lowest BCUT2D eigenvalue weighted by Gasteiger charge is -2.36. The molecule has 3 rings (SSSR count). The molecule has 0 aromatic heterocycles. The SMILES string of the molecule is O=C(O)C1CC1C(=O)N1CCN(c2cccc([N+](=O)[O-])c2)CC1. The van der Waals surface area contributed by atoms with E-state index < -0.39 is 16.8 Å². The lowest BCUT2D eigenvalue weighted by atomic mass is 10.2. The molecule has 2 aliphatic rings. The molecule has 1 saturated carbocycles. The number of carbonyl (C=O) groups excluding carboxylic acids is 1. The van der Waals surface area contributed by atoms with E-state index in [9.17, 15) is 19.7 Å². The van der Waals surface area contributed by atoms with E-state index in [2.05, 4.69) is 0 Å². The van der Waals surface area contributed by atoms with E-state index in [4.69, 9.17) is 5.11 Å². The van der Waals surface area contributed by atoms with Gasteiger partial charge in [0.05, 0.1) is 16.8 Å². The number of benzene rings is 1. The Morgan fingerprint density at radius 1 is 1.17 bits per heavy atom. The van der Waals surface area contributed by atoms with E-state index in [1.54, 1.807) is 11.0 Å². The first-order chi connectivity index (χ1) is 11.0. The number of amides is 1. The van der Waals surface area contributed by atoms with Crippen LogP contribution in [-0.2, 0) is 9.59 Å². The zero-order chi connectivity index (χ0) is 16.6. The summed E-state index contributed by atoms with van der Waals surface area (Å²) in [5, 5.41) is 19.7. The number of nitrogens with zero attached hydrogens (tertiary/aromatic N) is 3. The molecule has 1 aromatic carbocycles. The molecular formula is C15H17N3O5. The van der Waals surface area contributed by atoms with Crippen LogP contribution in [0.25, 0.3) is 0 Å². The van der Waals surface area contributed by atoms with Crippen LogP contribution in [0.4, 0.5) is 11.4 Å². The molecule has 1 aliphatic carbocycles. The summed E-state index contributed by atoms with van der Waals surface area (Å²) in [5.74, 6) is -1.90. The lowest BCUT2D eigenvalue weighted by molar-refractivity contribution is -0.384. The van der Waals surface area contributed by atoms with Crippen LogP contribution in [0, 0.1) is 22.0 Å². The molecule has 1 aromatic rings. The van der Waals surface area contributed by atoms with Crippen molar-refractivity contribution in [1.82, 2.24) is 4.90 Å². The Morgan fingerprint density at radius 2 is 1.87 bits per heavy atom. The van der Waals surface area contributed by atoms with E-state index in [1.165, 1.54) is 12.1 Å². The van der Waals surface area contributed by atoms with E-state index in [-0.39, 0.29) is 17.5 Å². The number of hydrogen-bond donors (Lipinski definition) is 1. The Bertz CT molecular complexity index is 654. The van der Waals surface area contributed by atoms with Crippen molar-refractivity contribution in [1.29, 1.82) is 0 Å². The fraction of sp³-hybridized carbons (Fsp3) is 0.467. The van der Waals surface area contributed by atoms with Crippen molar-refractivity contribution in [2.24, 2.45) is 11.8 Å². The van der Waals surface area contributed by atoms with Gasteiger partial charge in [-0.1, -0.05) is 6.07 Å². The summed E-state index contributed by atoms with van der Waals surface area (Å²) in [6.45, 7) is 2.17. The fourth-order valence-corrected chi connectivity index (χ4v) is 2.96. The number of carboxylic acid groups (broad SMARTS) is 1. The fourth-order valence-electron chi connectivity index (χ4n) is 2.96. The number of aliphatic carboxylic acids is 1. The zero-order valence-corrected chi connectivity index (χ0v) is 12.4. The number of anilines is 1. The summed E-state index contributed by atoms with van der Waals surface area (Å²) in [5.41, 5.74) is 0.810. The number of nitro benzene ring substituents is 1. The maximum Gasteiger partial charge on any atom is 0.307 e. The zero-order valence-electron chi connectivity index (χ0n) is 12.4. The quantitative estimate of drug-likeness (QED) is 0.655. The Hall–Kier alpha value is -2.64. The van der Waals surface area contributed by atoms with Gasteiger partial charge in [-0.25, -0.2) is 0 Å². The standard InChI is InChI=1S/C15H17N3O5/c19-14(12-9-13(12)15(20)21)17-6-4-16(5-7-17)10-2-1-3-11(8-10)18(22)23/h1-3,8,12-13H,4-7,9H2,(H,20,21). The first-order valence-corrected chi connectivity index (χ1v) is 7.48. The summed E-state index contributed by atoms with van der Waals surface area (Å²) in [4.78, 5) is 37.2. The predicted octanol–water partition coefficient (Wildman–Crippen LogP) is 0.964. The molecule has 0 radical (unpaired) electrons. The molecule has 2 atom stereocenters. The van der Waals surface area contributed by atoms with Crippen molar-refractivity contribution in [3.8, 4) is 0 Å². The lowest BCUT2D eigenvalue weighted by Crippen LogP contribution is -2.49. The first-order valence-electron chi connectivity index (χ1n) is 7.48. The minimum absolute atomic E-state index is 0.0447. The van der Waals surface area contributed by atoms with Gasteiger partial charge in [0.25, 0.3) is 5.69 Å². The van der Waals surface area contributed by atoms with E-state index in [0.717, 1.165) is 5.69 Å². The Balaban J connectivity index is 1.58. The summed E-state index contributed by atoms with van der Waals surface area (Å²) in [6, 6.07) is 6.43. The maximum atomic E-state index is 12.2. The highest BCUT2D eigenvalue weighted by atomic mass is 16.6. The highest BCUT2D eigenvalue weighted by Crippen LogP contribution is 2.40. The molecule has 23 heavy (non-hydrogen) atoms. The summed E-state index contributed by atoms with van der Waals surface area (Å²) in [6.07, 6.45) is 0.430. The van der Waals surface area contributed by atoms with Crippen molar-refractivity contribution in [2.45, 2.75) is 6.42 Å². The molecule has 0 spiro atoms. The molecular weight excluding hydrogens is 302 g/mol. The highest BCUT2D eigenvalue weighted by molar-refractivity contribution is 5.89. The molecule has 1 aliphatic heterocycles. The van der Waals surface area contributed by atoms with E-state index in [1.807, 2.05) is 11.0 Å². The monoisotopic (exact) mass is 319 g/mol. The van der Waals surface area contributed by atoms with Crippen LogP contribution in [0.15, 0.2) is 24.3 Å². The molecule has 122 valence electrons. The van der Waals surface area contributed by atoms with Crippen LogP contribution in [0.2, 0.25) is 0 Å².